The number of hydrogen-bond acceptors (Lipinski definition) is 4. The Labute approximate surface area is 138 Å². The lowest BCUT2D eigenvalue weighted by Crippen LogP contribution is -2.10. The van der Waals surface area contributed by atoms with Crippen LogP contribution in [0.3, 0.4) is 0 Å². The second kappa shape index (κ2) is 5.49. The molecule has 1 aromatic carbocycles. The summed E-state index contributed by atoms with van der Waals surface area (Å²) in [5.74, 6) is 1.30. The molecule has 1 atom stereocenters. The maximum atomic E-state index is 12.5. The van der Waals surface area contributed by atoms with Crippen molar-refractivity contribution >= 4 is 34.0 Å². The van der Waals surface area contributed by atoms with Crippen molar-refractivity contribution in [1.29, 1.82) is 0 Å². The highest BCUT2D eigenvalue weighted by Crippen LogP contribution is 2.32. The number of nitrogens with zero attached hydrogens (tertiary/aromatic N) is 1. The van der Waals surface area contributed by atoms with Crippen LogP contribution in [0, 0.1) is 12.8 Å². The zero-order chi connectivity index (χ0) is 16.0. The van der Waals surface area contributed by atoms with Gasteiger partial charge in [-0.05, 0) is 55.0 Å². The van der Waals surface area contributed by atoms with E-state index in [-0.39, 0.29) is 5.91 Å². The molecular formula is C18H18N2O2S. The van der Waals surface area contributed by atoms with Gasteiger partial charge >= 0.3 is 0 Å². The maximum absolute atomic E-state index is 12.5. The van der Waals surface area contributed by atoms with Crippen molar-refractivity contribution in [1.82, 2.24) is 4.98 Å². The van der Waals surface area contributed by atoms with Gasteiger partial charge in [0.2, 0.25) is 0 Å². The zero-order valence-corrected chi connectivity index (χ0v) is 14.0. The number of amides is 1. The Balaban J connectivity index is 1.56. The van der Waals surface area contributed by atoms with E-state index in [1.807, 2.05) is 25.1 Å². The molecule has 1 aliphatic carbocycles. The molecule has 0 aliphatic heterocycles. The highest BCUT2D eigenvalue weighted by molar-refractivity contribution is 7.14. The van der Waals surface area contributed by atoms with Crippen LogP contribution in [0.1, 0.15) is 39.3 Å². The molecule has 0 fully saturated rings. The number of oxazole rings is 1. The van der Waals surface area contributed by atoms with Gasteiger partial charge in [-0.3, -0.25) is 4.79 Å². The van der Waals surface area contributed by atoms with E-state index in [2.05, 4.69) is 23.3 Å². The number of thiophene rings is 1. The van der Waals surface area contributed by atoms with E-state index in [9.17, 15) is 4.79 Å². The van der Waals surface area contributed by atoms with E-state index in [0.717, 1.165) is 34.5 Å². The Morgan fingerprint density at radius 2 is 2.26 bits per heavy atom. The fraction of sp³-hybridized carbons (Fsp3) is 0.333. The number of fused-ring (bicyclic) bond motifs is 2. The number of hydrogen-bond donors (Lipinski definition) is 1. The molecule has 3 aromatic rings. The zero-order valence-electron chi connectivity index (χ0n) is 13.2. The van der Waals surface area contributed by atoms with Crippen LogP contribution in [0.25, 0.3) is 11.1 Å². The number of aryl methyl sites for hydroxylation is 2. The average molecular weight is 326 g/mol. The Bertz CT molecular complexity index is 894. The smallest absolute Gasteiger partial charge is 0.265 e. The molecule has 1 aliphatic rings. The summed E-state index contributed by atoms with van der Waals surface area (Å²) in [5.41, 5.74) is 3.60. The van der Waals surface area contributed by atoms with E-state index < -0.39 is 0 Å². The molecular weight excluding hydrogens is 308 g/mol. The number of carbonyl (C=O) groups is 1. The molecule has 23 heavy (non-hydrogen) atoms. The van der Waals surface area contributed by atoms with Crippen molar-refractivity contribution in [2.24, 2.45) is 5.92 Å². The number of rotatable bonds is 2. The Kier molecular flexibility index (Phi) is 3.45. The van der Waals surface area contributed by atoms with Crippen LogP contribution < -0.4 is 5.32 Å². The summed E-state index contributed by atoms with van der Waals surface area (Å²) in [7, 11) is 0. The van der Waals surface area contributed by atoms with Gasteiger partial charge in [-0.15, -0.1) is 11.3 Å². The van der Waals surface area contributed by atoms with Crippen LogP contribution in [0.15, 0.2) is 28.7 Å². The molecule has 2 heterocycles. The van der Waals surface area contributed by atoms with E-state index >= 15 is 0 Å². The Morgan fingerprint density at radius 1 is 1.39 bits per heavy atom. The van der Waals surface area contributed by atoms with Gasteiger partial charge in [0.1, 0.15) is 5.52 Å². The van der Waals surface area contributed by atoms with Gasteiger partial charge < -0.3 is 9.73 Å². The molecule has 5 heteroatoms. The first kappa shape index (κ1) is 14.5. The molecule has 0 saturated carbocycles. The second-order valence-electron chi connectivity index (χ2n) is 6.28. The Morgan fingerprint density at radius 3 is 3.13 bits per heavy atom. The summed E-state index contributed by atoms with van der Waals surface area (Å²) in [6.45, 7) is 4.09. The second-order valence-corrected chi connectivity index (χ2v) is 7.41. The molecule has 0 saturated heterocycles. The van der Waals surface area contributed by atoms with Crippen LogP contribution in [0.4, 0.5) is 5.69 Å². The van der Waals surface area contributed by atoms with Crippen LogP contribution in [-0.2, 0) is 12.8 Å². The predicted molar refractivity (Wildman–Crippen MR) is 92.2 cm³/mol. The molecule has 118 valence electrons. The van der Waals surface area contributed by atoms with Crippen molar-refractivity contribution in [3.8, 4) is 0 Å². The lowest BCUT2D eigenvalue weighted by Gasteiger charge is -2.16. The number of nitrogens with one attached hydrogen (secondary N) is 1. The lowest BCUT2D eigenvalue weighted by atomic mass is 9.90. The fourth-order valence-corrected chi connectivity index (χ4v) is 4.23. The highest BCUT2D eigenvalue weighted by Gasteiger charge is 2.20. The third-order valence-electron chi connectivity index (χ3n) is 4.31. The third kappa shape index (κ3) is 2.77. The van der Waals surface area contributed by atoms with E-state index in [0.29, 0.717) is 11.8 Å². The van der Waals surface area contributed by atoms with Crippen LogP contribution in [-0.4, -0.2) is 10.9 Å². The third-order valence-corrected chi connectivity index (χ3v) is 5.54. The van der Waals surface area contributed by atoms with Crippen LogP contribution in [0.2, 0.25) is 0 Å². The minimum Gasteiger partial charge on any atom is -0.441 e. The highest BCUT2D eigenvalue weighted by atomic mass is 32.1. The van der Waals surface area contributed by atoms with Crippen LogP contribution >= 0.6 is 11.3 Å². The first-order valence-corrected chi connectivity index (χ1v) is 8.70. The van der Waals surface area contributed by atoms with Gasteiger partial charge in [0, 0.05) is 17.5 Å². The SMILES string of the molecule is Cc1nc2cc(NC(=O)c3cc4c(s3)CCC(C)C4)ccc2o1. The quantitative estimate of drug-likeness (QED) is 0.750. The van der Waals surface area contributed by atoms with Gasteiger partial charge in [-0.2, -0.15) is 0 Å². The first-order chi connectivity index (χ1) is 11.1. The van der Waals surface area contributed by atoms with E-state index in [4.69, 9.17) is 4.42 Å². The summed E-state index contributed by atoms with van der Waals surface area (Å²) in [4.78, 5) is 19.0. The van der Waals surface area contributed by atoms with Crippen molar-refractivity contribution in [2.75, 3.05) is 5.32 Å². The molecule has 4 rings (SSSR count). The minimum atomic E-state index is -0.0448. The standard InChI is InChI=1S/C18H18N2O2S/c1-10-3-6-16-12(7-10)8-17(23-16)18(21)20-13-4-5-15-14(9-13)19-11(2)22-15/h4-5,8-10H,3,6-7H2,1-2H3,(H,20,21). The van der Waals surface area contributed by atoms with E-state index in [1.54, 1.807) is 11.3 Å². The molecule has 1 amide bonds. The molecule has 1 unspecified atom stereocenters. The Hall–Kier alpha value is -2.14. The van der Waals surface area contributed by atoms with Crippen LogP contribution in [0.5, 0.6) is 0 Å². The monoisotopic (exact) mass is 326 g/mol. The van der Waals surface area contributed by atoms with Gasteiger partial charge in [0.15, 0.2) is 11.5 Å². The topological polar surface area (TPSA) is 55.1 Å². The van der Waals surface area contributed by atoms with Gasteiger partial charge in [-0.25, -0.2) is 4.98 Å². The number of benzene rings is 1. The largest absolute Gasteiger partial charge is 0.441 e. The normalized spacial score (nSPS) is 17.2. The average Bonchev–Trinajstić information content (AvgIpc) is 3.08. The summed E-state index contributed by atoms with van der Waals surface area (Å²) >= 11 is 1.63. The van der Waals surface area contributed by atoms with Crippen molar-refractivity contribution in [2.45, 2.75) is 33.1 Å². The van der Waals surface area contributed by atoms with Gasteiger partial charge in [0.05, 0.1) is 4.88 Å². The van der Waals surface area contributed by atoms with Crippen molar-refractivity contribution < 1.29 is 9.21 Å². The fourth-order valence-electron chi connectivity index (χ4n) is 3.13. The molecule has 1 N–H and O–H groups in total. The summed E-state index contributed by atoms with van der Waals surface area (Å²) in [5, 5.41) is 2.97. The summed E-state index contributed by atoms with van der Waals surface area (Å²) in [6, 6.07) is 7.59. The molecule has 2 aromatic heterocycles. The molecule has 4 nitrogen and oxygen atoms in total. The van der Waals surface area contributed by atoms with E-state index in [1.165, 1.54) is 16.9 Å². The minimum absolute atomic E-state index is 0.0448. The van der Waals surface area contributed by atoms with Crippen molar-refractivity contribution in [3.63, 3.8) is 0 Å². The molecule has 0 spiro atoms. The number of aromatic nitrogens is 1. The maximum Gasteiger partial charge on any atom is 0.265 e. The molecule has 0 bridgehead atoms. The molecule has 0 radical (unpaired) electrons. The number of anilines is 1. The lowest BCUT2D eigenvalue weighted by molar-refractivity contribution is 0.103. The predicted octanol–water partition coefficient (Wildman–Crippen LogP) is 4.57. The summed E-state index contributed by atoms with van der Waals surface area (Å²) in [6.07, 6.45) is 3.40. The van der Waals surface area contributed by atoms with Gasteiger partial charge in [-0.1, -0.05) is 6.92 Å². The van der Waals surface area contributed by atoms with Crippen molar-refractivity contribution in [3.05, 3.63) is 45.5 Å². The number of carbonyl (C=O) groups excluding carboxylic acids is 1. The van der Waals surface area contributed by atoms with Gasteiger partial charge in [0.25, 0.3) is 5.91 Å². The first-order valence-electron chi connectivity index (χ1n) is 7.88. The summed E-state index contributed by atoms with van der Waals surface area (Å²) < 4.78 is 5.46.